The number of rotatable bonds is 4. The molecule has 1 amide bonds. The Labute approximate surface area is 152 Å². The molecule has 132 valence electrons. The van der Waals surface area contributed by atoms with Crippen molar-refractivity contribution in [2.45, 2.75) is 25.0 Å². The zero-order valence-corrected chi connectivity index (χ0v) is 14.6. The molecule has 2 atom stereocenters. The van der Waals surface area contributed by atoms with Gasteiger partial charge in [-0.15, -0.1) is 0 Å². The summed E-state index contributed by atoms with van der Waals surface area (Å²) in [5, 5.41) is 1.08. The van der Waals surface area contributed by atoms with Crippen LogP contribution in [-0.2, 0) is 11.3 Å². The van der Waals surface area contributed by atoms with Crippen LogP contribution in [-0.4, -0.2) is 33.9 Å². The molecule has 0 saturated carbocycles. The van der Waals surface area contributed by atoms with Crippen molar-refractivity contribution in [2.75, 3.05) is 7.05 Å². The van der Waals surface area contributed by atoms with Gasteiger partial charge in [0, 0.05) is 31.4 Å². The second kappa shape index (κ2) is 7.19. The molecule has 0 radical (unpaired) electrons. The van der Waals surface area contributed by atoms with Gasteiger partial charge in [0.05, 0.1) is 17.3 Å². The maximum absolute atomic E-state index is 12.9. The van der Waals surface area contributed by atoms with E-state index in [9.17, 15) is 4.79 Å². The lowest BCUT2D eigenvalue weighted by Gasteiger charge is -2.21. The Morgan fingerprint density at radius 3 is 2.81 bits per heavy atom. The quantitative estimate of drug-likeness (QED) is 0.757. The third-order valence-corrected chi connectivity index (χ3v) is 4.77. The van der Waals surface area contributed by atoms with Gasteiger partial charge < -0.3 is 4.90 Å². The minimum atomic E-state index is -0.264. The molecule has 6 heteroatoms. The minimum Gasteiger partial charge on any atom is -0.340 e. The van der Waals surface area contributed by atoms with E-state index in [4.69, 9.17) is 0 Å². The molecular formula is C20H21N5O. The second-order valence-corrected chi connectivity index (χ2v) is 6.57. The van der Waals surface area contributed by atoms with E-state index in [2.05, 4.69) is 20.8 Å². The summed E-state index contributed by atoms with van der Waals surface area (Å²) in [6, 6.07) is 15.6. The van der Waals surface area contributed by atoms with Gasteiger partial charge in [0.1, 0.15) is 6.04 Å². The molecule has 26 heavy (non-hydrogen) atoms. The summed E-state index contributed by atoms with van der Waals surface area (Å²) in [7, 11) is 1.84. The summed E-state index contributed by atoms with van der Waals surface area (Å²) in [5.74, 6) is 0.0665. The van der Waals surface area contributed by atoms with Gasteiger partial charge in [-0.2, -0.15) is 0 Å². The van der Waals surface area contributed by atoms with Crippen molar-refractivity contribution in [2.24, 2.45) is 0 Å². The number of benzene rings is 1. The molecule has 1 aromatic carbocycles. The van der Waals surface area contributed by atoms with Crippen molar-refractivity contribution >= 4 is 16.8 Å². The van der Waals surface area contributed by atoms with Crippen LogP contribution >= 0.6 is 0 Å². The fourth-order valence-corrected chi connectivity index (χ4v) is 3.40. The molecule has 1 aliphatic rings. The fourth-order valence-electron chi connectivity index (χ4n) is 3.40. The molecule has 2 N–H and O–H groups in total. The van der Waals surface area contributed by atoms with Gasteiger partial charge in [-0.25, -0.2) is 10.9 Å². The third-order valence-electron chi connectivity index (χ3n) is 4.77. The number of amides is 1. The van der Waals surface area contributed by atoms with Crippen LogP contribution in [0.2, 0.25) is 0 Å². The zero-order chi connectivity index (χ0) is 17.9. The summed E-state index contributed by atoms with van der Waals surface area (Å²) in [6.45, 7) is 0.550. The highest BCUT2D eigenvalue weighted by atomic mass is 16.2. The molecule has 1 aliphatic heterocycles. The Bertz CT molecular complexity index is 909. The zero-order valence-electron chi connectivity index (χ0n) is 14.6. The minimum absolute atomic E-state index is 0.0419. The van der Waals surface area contributed by atoms with Crippen LogP contribution in [0.15, 0.2) is 60.9 Å². The molecule has 1 fully saturated rings. The first-order valence-corrected chi connectivity index (χ1v) is 8.72. The van der Waals surface area contributed by atoms with Gasteiger partial charge in [0.25, 0.3) is 0 Å². The molecule has 2 unspecified atom stereocenters. The Kier molecular flexibility index (Phi) is 4.60. The molecule has 3 aromatic rings. The number of fused-ring (bicyclic) bond motifs is 1. The largest absolute Gasteiger partial charge is 0.340 e. The Hall–Kier alpha value is -2.83. The number of nitrogens with one attached hydrogen (secondary N) is 2. The lowest BCUT2D eigenvalue weighted by atomic mass is 10.0. The fraction of sp³-hybridized carbons (Fsp3) is 0.250. The summed E-state index contributed by atoms with van der Waals surface area (Å²) >= 11 is 0. The van der Waals surface area contributed by atoms with Crippen LogP contribution in [0.5, 0.6) is 0 Å². The summed E-state index contributed by atoms with van der Waals surface area (Å²) < 4.78 is 0. The Morgan fingerprint density at radius 2 is 1.96 bits per heavy atom. The van der Waals surface area contributed by atoms with Crippen molar-refractivity contribution in [3.05, 3.63) is 72.2 Å². The molecule has 0 aliphatic carbocycles. The number of carbonyl (C=O) groups is 1. The van der Waals surface area contributed by atoms with Crippen molar-refractivity contribution < 1.29 is 4.79 Å². The highest BCUT2D eigenvalue weighted by Crippen LogP contribution is 2.22. The van der Waals surface area contributed by atoms with E-state index in [0.29, 0.717) is 13.0 Å². The topological polar surface area (TPSA) is 70.2 Å². The predicted octanol–water partition coefficient (Wildman–Crippen LogP) is 2.20. The van der Waals surface area contributed by atoms with E-state index in [-0.39, 0.29) is 18.0 Å². The van der Waals surface area contributed by atoms with Crippen LogP contribution in [0.1, 0.15) is 23.7 Å². The highest BCUT2D eigenvalue weighted by Gasteiger charge is 2.32. The van der Waals surface area contributed by atoms with Gasteiger partial charge in [-0.05, 0) is 36.2 Å². The predicted molar refractivity (Wildman–Crippen MR) is 99.9 cm³/mol. The van der Waals surface area contributed by atoms with E-state index >= 15 is 0 Å². The molecule has 4 rings (SSSR count). The van der Waals surface area contributed by atoms with E-state index in [1.54, 1.807) is 17.3 Å². The van der Waals surface area contributed by atoms with E-state index < -0.39 is 0 Å². The summed E-state index contributed by atoms with van der Waals surface area (Å²) in [5.41, 5.74) is 9.28. The smallest absolute Gasteiger partial charge is 0.241 e. The van der Waals surface area contributed by atoms with Gasteiger partial charge in [-0.1, -0.05) is 24.3 Å². The maximum atomic E-state index is 12.9. The van der Waals surface area contributed by atoms with Crippen LogP contribution in [0.3, 0.4) is 0 Å². The SMILES string of the molecule is CN(Cc1cccc2ncccc12)C(=O)C1CC(c2ccccn2)NN1. The normalized spacial score (nSPS) is 19.6. The van der Waals surface area contributed by atoms with Crippen LogP contribution in [0, 0.1) is 0 Å². The highest BCUT2D eigenvalue weighted by molar-refractivity contribution is 5.84. The van der Waals surface area contributed by atoms with Gasteiger partial charge in [0.2, 0.25) is 5.91 Å². The number of hydrogen-bond donors (Lipinski definition) is 2. The molecular weight excluding hydrogens is 326 g/mol. The Balaban J connectivity index is 1.45. The maximum Gasteiger partial charge on any atom is 0.241 e. The van der Waals surface area contributed by atoms with E-state index in [0.717, 1.165) is 22.2 Å². The first kappa shape index (κ1) is 16.6. The molecule has 3 heterocycles. The number of pyridine rings is 2. The van der Waals surface area contributed by atoms with Crippen molar-refractivity contribution in [3.8, 4) is 0 Å². The summed E-state index contributed by atoms with van der Waals surface area (Å²) in [4.78, 5) is 23.4. The lowest BCUT2D eigenvalue weighted by molar-refractivity contribution is -0.132. The molecule has 0 spiro atoms. The molecule has 0 bridgehead atoms. The average Bonchev–Trinajstić information content (AvgIpc) is 3.18. The number of likely N-dealkylation sites (N-methyl/N-ethyl adjacent to an activating group) is 1. The average molecular weight is 347 g/mol. The first-order valence-electron chi connectivity index (χ1n) is 8.72. The molecule has 6 nitrogen and oxygen atoms in total. The van der Waals surface area contributed by atoms with Crippen molar-refractivity contribution in [1.29, 1.82) is 0 Å². The number of hydrogen-bond acceptors (Lipinski definition) is 5. The van der Waals surface area contributed by atoms with Crippen molar-refractivity contribution in [3.63, 3.8) is 0 Å². The van der Waals surface area contributed by atoms with E-state index in [1.165, 1.54) is 0 Å². The number of aromatic nitrogens is 2. The number of nitrogens with zero attached hydrogens (tertiary/aromatic N) is 3. The third kappa shape index (κ3) is 3.29. The summed E-state index contributed by atoms with van der Waals surface area (Å²) in [6.07, 6.45) is 4.23. The number of hydrazine groups is 1. The van der Waals surface area contributed by atoms with Crippen LogP contribution < -0.4 is 10.9 Å². The molecule has 1 saturated heterocycles. The van der Waals surface area contributed by atoms with Gasteiger partial charge in [0.15, 0.2) is 0 Å². The first-order chi connectivity index (χ1) is 12.7. The van der Waals surface area contributed by atoms with Crippen LogP contribution in [0.25, 0.3) is 10.9 Å². The lowest BCUT2D eigenvalue weighted by Crippen LogP contribution is -2.43. The second-order valence-electron chi connectivity index (χ2n) is 6.57. The van der Waals surface area contributed by atoms with Gasteiger partial charge in [-0.3, -0.25) is 14.8 Å². The van der Waals surface area contributed by atoms with Crippen molar-refractivity contribution in [1.82, 2.24) is 25.7 Å². The van der Waals surface area contributed by atoms with E-state index in [1.807, 2.05) is 55.6 Å². The number of carbonyl (C=O) groups excluding carboxylic acids is 1. The standard InChI is InChI=1S/C20H21N5O/c1-25(13-14-6-4-9-16-15(14)7-5-11-21-16)20(26)19-12-18(23-24-19)17-8-2-3-10-22-17/h2-11,18-19,23-24H,12-13H2,1H3. The van der Waals surface area contributed by atoms with Crippen LogP contribution in [0.4, 0.5) is 0 Å². The van der Waals surface area contributed by atoms with Gasteiger partial charge >= 0.3 is 0 Å². The molecule has 2 aromatic heterocycles. The Morgan fingerprint density at radius 1 is 1.08 bits per heavy atom. The monoisotopic (exact) mass is 347 g/mol.